The van der Waals surface area contributed by atoms with Crippen LogP contribution in [0.4, 0.5) is 5.69 Å². The Labute approximate surface area is 168 Å². The first-order valence-corrected chi connectivity index (χ1v) is 9.42. The van der Waals surface area contributed by atoms with Crippen LogP contribution in [-0.2, 0) is 19.7 Å². The van der Waals surface area contributed by atoms with Gasteiger partial charge in [0.15, 0.2) is 6.61 Å². The van der Waals surface area contributed by atoms with Crippen molar-refractivity contribution < 1.29 is 19.1 Å². The van der Waals surface area contributed by atoms with E-state index in [4.69, 9.17) is 22.1 Å². The van der Waals surface area contributed by atoms with Gasteiger partial charge < -0.3 is 15.8 Å². The lowest BCUT2D eigenvalue weighted by atomic mass is 9.79. The van der Waals surface area contributed by atoms with Gasteiger partial charge in [-0.25, -0.2) is 0 Å². The Bertz CT molecular complexity index is 890. The number of ether oxygens (including phenoxy) is 1. The highest BCUT2D eigenvalue weighted by Crippen LogP contribution is 2.42. The molecule has 0 radical (unpaired) electrons. The van der Waals surface area contributed by atoms with E-state index >= 15 is 0 Å². The standard InChI is InChI=1S/C21H21ClN2O4/c22-15-9-7-14(8-10-15)21(11-3-4-12-21)20(27)28-13-18(25)24-17-6-2-1-5-16(17)19(23)26/h1-2,5-10H,3-4,11-13H2,(H2,23,26)(H,24,25). The monoisotopic (exact) mass is 400 g/mol. The molecule has 3 N–H and O–H groups in total. The van der Waals surface area contributed by atoms with E-state index in [0.29, 0.717) is 17.9 Å². The number of primary amides is 1. The Hall–Kier alpha value is -2.86. The fourth-order valence-electron chi connectivity index (χ4n) is 3.62. The van der Waals surface area contributed by atoms with Crippen LogP contribution in [0.2, 0.25) is 5.02 Å². The molecule has 1 aliphatic rings. The molecular formula is C21H21ClN2O4. The van der Waals surface area contributed by atoms with Crippen LogP contribution in [0, 0.1) is 0 Å². The highest BCUT2D eigenvalue weighted by atomic mass is 35.5. The first kappa shape index (κ1) is 19.9. The first-order valence-electron chi connectivity index (χ1n) is 9.04. The number of carbonyl (C=O) groups excluding carboxylic acids is 3. The van der Waals surface area contributed by atoms with E-state index in [1.165, 1.54) is 6.07 Å². The van der Waals surface area contributed by atoms with Crippen molar-refractivity contribution in [3.63, 3.8) is 0 Å². The third-order valence-corrected chi connectivity index (χ3v) is 5.30. The average molecular weight is 401 g/mol. The molecule has 28 heavy (non-hydrogen) atoms. The van der Waals surface area contributed by atoms with Crippen LogP contribution in [0.1, 0.15) is 41.6 Å². The molecule has 6 nitrogen and oxygen atoms in total. The molecular weight excluding hydrogens is 380 g/mol. The summed E-state index contributed by atoms with van der Waals surface area (Å²) in [5.74, 6) is -1.61. The van der Waals surface area contributed by atoms with E-state index in [0.717, 1.165) is 18.4 Å². The second-order valence-corrected chi connectivity index (χ2v) is 7.27. The topological polar surface area (TPSA) is 98.5 Å². The summed E-state index contributed by atoms with van der Waals surface area (Å²) in [6.07, 6.45) is 3.16. The molecule has 146 valence electrons. The summed E-state index contributed by atoms with van der Waals surface area (Å²) in [6, 6.07) is 13.5. The second kappa shape index (κ2) is 8.44. The van der Waals surface area contributed by atoms with Crippen LogP contribution < -0.4 is 11.1 Å². The van der Waals surface area contributed by atoms with Crippen molar-refractivity contribution in [1.82, 2.24) is 0 Å². The molecule has 0 atom stereocenters. The number of esters is 1. The molecule has 0 aromatic heterocycles. The second-order valence-electron chi connectivity index (χ2n) is 6.83. The Morgan fingerprint density at radius 1 is 1.04 bits per heavy atom. The maximum Gasteiger partial charge on any atom is 0.317 e. The van der Waals surface area contributed by atoms with Crippen LogP contribution in [-0.4, -0.2) is 24.4 Å². The van der Waals surface area contributed by atoms with Crippen molar-refractivity contribution in [3.05, 3.63) is 64.7 Å². The maximum atomic E-state index is 12.9. The molecule has 0 heterocycles. The van der Waals surface area contributed by atoms with Gasteiger partial charge in [0.1, 0.15) is 0 Å². The number of halogens is 1. The Morgan fingerprint density at radius 3 is 2.32 bits per heavy atom. The van der Waals surface area contributed by atoms with Crippen molar-refractivity contribution in [2.75, 3.05) is 11.9 Å². The zero-order valence-corrected chi connectivity index (χ0v) is 16.0. The number of amides is 2. The summed E-state index contributed by atoms with van der Waals surface area (Å²) in [5.41, 5.74) is 5.87. The summed E-state index contributed by atoms with van der Waals surface area (Å²) in [7, 11) is 0. The van der Waals surface area contributed by atoms with E-state index in [2.05, 4.69) is 5.32 Å². The SMILES string of the molecule is NC(=O)c1ccccc1NC(=O)COC(=O)C1(c2ccc(Cl)cc2)CCCC1. The predicted octanol–water partition coefficient (Wildman–Crippen LogP) is 3.43. The lowest BCUT2D eigenvalue weighted by Crippen LogP contribution is -2.36. The molecule has 0 spiro atoms. The third-order valence-electron chi connectivity index (χ3n) is 5.05. The first-order chi connectivity index (χ1) is 13.4. The normalized spacial score (nSPS) is 15.0. The largest absolute Gasteiger partial charge is 0.455 e. The fraction of sp³-hybridized carbons (Fsp3) is 0.286. The summed E-state index contributed by atoms with van der Waals surface area (Å²) in [5, 5.41) is 3.16. The summed E-state index contributed by atoms with van der Waals surface area (Å²) in [4.78, 5) is 36.6. The molecule has 1 saturated carbocycles. The number of benzene rings is 2. The zero-order chi connectivity index (χ0) is 20.1. The molecule has 3 rings (SSSR count). The van der Waals surface area contributed by atoms with Crippen molar-refractivity contribution in [1.29, 1.82) is 0 Å². The number of nitrogens with two attached hydrogens (primary N) is 1. The predicted molar refractivity (Wildman–Crippen MR) is 106 cm³/mol. The lowest BCUT2D eigenvalue weighted by Gasteiger charge is -2.27. The number of nitrogens with one attached hydrogen (secondary N) is 1. The maximum absolute atomic E-state index is 12.9. The number of carbonyl (C=O) groups is 3. The minimum atomic E-state index is -0.754. The Balaban J connectivity index is 1.68. The van der Waals surface area contributed by atoms with Gasteiger partial charge in [0.2, 0.25) is 0 Å². The van der Waals surface area contributed by atoms with Crippen LogP contribution in [0.3, 0.4) is 0 Å². The highest BCUT2D eigenvalue weighted by Gasteiger charge is 2.44. The van der Waals surface area contributed by atoms with Crippen molar-refractivity contribution in [3.8, 4) is 0 Å². The van der Waals surface area contributed by atoms with Crippen LogP contribution >= 0.6 is 11.6 Å². The number of rotatable bonds is 6. The van der Waals surface area contributed by atoms with E-state index in [-0.39, 0.29) is 11.3 Å². The van der Waals surface area contributed by atoms with Gasteiger partial charge in [0.05, 0.1) is 16.7 Å². The number of hydrogen-bond donors (Lipinski definition) is 2. The van der Waals surface area contributed by atoms with E-state index < -0.39 is 29.8 Å². The lowest BCUT2D eigenvalue weighted by molar-refractivity contribution is -0.153. The molecule has 0 aliphatic heterocycles. The molecule has 2 aromatic carbocycles. The van der Waals surface area contributed by atoms with Gasteiger partial charge >= 0.3 is 5.97 Å². The van der Waals surface area contributed by atoms with Gasteiger partial charge in [-0.15, -0.1) is 0 Å². The van der Waals surface area contributed by atoms with Gasteiger partial charge in [0.25, 0.3) is 11.8 Å². The van der Waals surface area contributed by atoms with Gasteiger partial charge in [-0.05, 0) is 42.7 Å². The van der Waals surface area contributed by atoms with Crippen molar-refractivity contribution in [2.24, 2.45) is 5.73 Å². The molecule has 1 fully saturated rings. The van der Waals surface area contributed by atoms with Crippen molar-refractivity contribution in [2.45, 2.75) is 31.1 Å². The van der Waals surface area contributed by atoms with E-state index in [1.54, 1.807) is 30.3 Å². The number of hydrogen-bond acceptors (Lipinski definition) is 4. The summed E-state index contributed by atoms with van der Waals surface area (Å²) >= 11 is 5.96. The minimum Gasteiger partial charge on any atom is -0.455 e. The average Bonchev–Trinajstić information content (AvgIpc) is 3.18. The molecule has 2 amide bonds. The molecule has 0 unspecified atom stereocenters. The van der Waals surface area contributed by atoms with Gasteiger partial charge in [-0.1, -0.05) is 48.7 Å². The van der Waals surface area contributed by atoms with Crippen LogP contribution in [0.5, 0.6) is 0 Å². The summed E-state index contributed by atoms with van der Waals surface area (Å²) < 4.78 is 5.35. The Kier molecular flexibility index (Phi) is 5.99. The quantitative estimate of drug-likeness (QED) is 0.725. The molecule has 0 bridgehead atoms. The number of anilines is 1. The fourth-order valence-corrected chi connectivity index (χ4v) is 3.75. The van der Waals surface area contributed by atoms with Crippen LogP contribution in [0.25, 0.3) is 0 Å². The molecule has 1 aliphatic carbocycles. The van der Waals surface area contributed by atoms with Gasteiger partial charge in [0, 0.05) is 5.02 Å². The van der Waals surface area contributed by atoms with Crippen LogP contribution in [0.15, 0.2) is 48.5 Å². The zero-order valence-electron chi connectivity index (χ0n) is 15.2. The third kappa shape index (κ3) is 4.17. The smallest absolute Gasteiger partial charge is 0.317 e. The highest BCUT2D eigenvalue weighted by molar-refractivity contribution is 6.30. The Morgan fingerprint density at radius 2 is 1.68 bits per heavy atom. The van der Waals surface area contributed by atoms with E-state index in [1.807, 2.05) is 12.1 Å². The molecule has 7 heteroatoms. The van der Waals surface area contributed by atoms with E-state index in [9.17, 15) is 14.4 Å². The molecule has 0 saturated heterocycles. The molecule has 2 aromatic rings. The van der Waals surface area contributed by atoms with Gasteiger partial charge in [-0.3, -0.25) is 14.4 Å². The minimum absolute atomic E-state index is 0.190. The van der Waals surface area contributed by atoms with Crippen molar-refractivity contribution >= 4 is 35.1 Å². The number of para-hydroxylation sites is 1. The summed E-state index contributed by atoms with van der Waals surface area (Å²) in [6.45, 7) is -0.443. The van der Waals surface area contributed by atoms with Gasteiger partial charge in [-0.2, -0.15) is 0 Å².